The SMILES string of the molecule is CCC1(C)C(=O)NC(=O)C1CCCCN. The Labute approximate surface area is 90.6 Å². The van der Waals surface area contributed by atoms with Crippen molar-refractivity contribution >= 4 is 11.8 Å². The van der Waals surface area contributed by atoms with E-state index in [1.54, 1.807) is 0 Å². The number of carbonyl (C=O) groups is 2. The average molecular weight is 212 g/mol. The Hall–Kier alpha value is -0.900. The molecule has 1 aliphatic rings. The first kappa shape index (κ1) is 12.2. The molecule has 4 nitrogen and oxygen atoms in total. The second kappa shape index (κ2) is 4.75. The highest BCUT2D eigenvalue weighted by Crippen LogP contribution is 2.39. The molecular formula is C11H20N2O2. The first-order chi connectivity index (χ1) is 7.06. The van der Waals surface area contributed by atoms with E-state index >= 15 is 0 Å². The Morgan fingerprint density at radius 1 is 1.40 bits per heavy atom. The number of unbranched alkanes of at least 4 members (excludes halogenated alkanes) is 1. The summed E-state index contributed by atoms with van der Waals surface area (Å²) in [6, 6.07) is 0. The number of hydrogen-bond donors (Lipinski definition) is 2. The van der Waals surface area contributed by atoms with Crippen LogP contribution in [0.4, 0.5) is 0 Å². The van der Waals surface area contributed by atoms with Gasteiger partial charge in [-0.2, -0.15) is 0 Å². The number of amides is 2. The summed E-state index contributed by atoms with van der Waals surface area (Å²) < 4.78 is 0. The Morgan fingerprint density at radius 3 is 2.60 bits per heavy atom. The minimum Gasteiger partial charge on any atom is -0.330 e. The Kier molecular flexibility index (Phi) is 3.85. The molecule has 0 spiro atoms. The van der Waals surface area contributed by atoms with E-state index in [4.69, 9.17) is 5.73 Å². The lowest BCUT2D eigenvalue weighted by Gasteiger charge is -2.25. The molecule has 0 aromatic rings. The van der Waals surface area contributed by atoms with Crippen LogP contribution in [0.1, 0.15) is 39.5 Å². The number of rotatable bonds is 5. The summed E-state index contributed by atoms with van der Waals surface area (Å²) >= 11 is 0. The van der Waals surface area contributed by atoms with Crippen LogP contribution in [0.3, 0.4) is 0 Å². The van der Waals surface area contributed by atoms with Gasteiger partial charge in [0, 0.05) is 0 Å². The lowest BCUT2D eigenvalue weighted by atomic mass is 9.74. The maximum Gasteiger partial charge on any atom is 0.233 e. The van der Waals surface area contributed by atoms with Gasteiger partial charge in [-0.3, -0.25) is 14.9 Å². The van der Waals surface area contributed by atoms with Crippen molar-refractivity contribution in [3.63, 3.8) is 0 Å². The molecule has 2 amide bonds. The van der Waals surface area contributed by atoms with Crippen LogP contribution in [0.15, 0.2) is 0 Å². The molecule has 1 heterocycles. The Bertz CT molecular complexity index is 265. The number of carbonyl (C=O) groups excluding carboxylic acids is 2. The summed E-state index contributed by atoms with van der Waals surface area (Å²) in [7, 11) is 0. The van der Waals surface area contributed by atoms with E-state index < -0.39 is 5.41 Å². The van der Waals surface area contributed by atoms with Gasteiger partial charge < -0.3 is 5.73 Å². The Balaban J connectivity index is 2.67. The van der Waals surface area contributed by atoms with Gasteiger partial charge in [-0.05, 0) is 32.7 Å². The first-order valence-corrected chi connectivity index (χ1v) is 5.61. The number of hydrogen-bond acceptors (Lipinski definition) is 3. The molecule has 2 unspecified atom stereocenters. The minimum absolute atomic E-state index is 0.110. The van der Waals surface area contributed by atoms with Crippen LogP contribution in [-0.2, 0) is 9.59 Å². The molecule has 4 heteroatoms. The van der Waals surface area contributed by atoms with Crippen molar-refractivity contribution in [3.05, 3.63) is 0 Å². The van der Waals surface area contributed by atoms with Crippen molar-refractivity contribution < 1.29 is 9.59 Å². The molecule has 0 saturated carbocycles. The van der Waals surface area contributed by atoms with Gasteiger partial charge in [0.25, 0.3) is 0 Å². The standard InChI is InChI=1S/C11H20N2O2/c1-3-11(2)8(6-4-5-7-12)9(14)13-10(11)15/h8H,3-7,12H2,1-2H3,(H,13,14,15). The molecule has 1 aliphatic heterocycles. The van der Waals surface area contributed by atoms with Gasteiger partial charge in [0.05, 0.1) is 11.3 Å². The molecule has 0 bridgehead atoms. The van der Waals surface area contributed by atoms with E-state index in [9.17, 15) is 9.59 Å². The maximum atomic E-state index is 11.6. The van der Waals surface area contributed by atoms with Crippen LogP contribution in [0.2, 0.25) is 0 Å². The van der Waals surface area contributed by atoms with Gasteiger partial charge in [-0.1, -0.05) is 13.3 Å². The molecule has 3 N–H and O–H groups in total. The van der Waals surface area contributed by atoms with E-state index in [1.165, 1.54) is 0 Å². The van der Waals surface area contributed by atoms with E-state index in [2.05, 4.69) is 5.32 Å². The topological polar surface area (TPSA) is 72.2 Å². The van der Waals surface area contributed by atoms with Crippen LogP contribution >= 0.6 is 0 Å². The maximum absolute atomic E-state index is 11.6. The van der Waals surface area contributed by atoms with Crippen molar-refractivity contribution in [2.45, 2.75) is 39.5 Å². The highest BCUT2D eigenvalue weighted by Gasteiger charge is 2.49. The zero-order valence-electron chi connectivity index (χ0n) is 9.51. The molecule has 1 rings (SSSR count). The fourth-order valence-electron chi connectivity index (χ4n) is 2.14. The zero-order chi connectivity index (χ0) is 11.5. The highest BCUT2D eigenvalue weighted by atomic mass is 16.2. The van der Waals surface area contributed by atoms with Crippen LogP contribution in [-0.4, -0.2) is 18.4 Å². The fraction of sp³-hybridized carbons (Fsp3) is 0.818. The third kappa shape index (κ3) is 2.20. The summed E-state index contributed by atoms with van der Waals surface area (Å²) in [5.41, 5.74) is 4.90. The molecule has 0 aliphatic carbocycles. The van der Waals surface area contributed by atoms with Gasteiger partial charge in [0.1, 0.15) is 0 Å². The third-order valence-electron chi connectivity index (χ3n) is 3.52. The van der Waals surface area contributed by atoms with E-state index in [0.29, 0.717) is 13.0 Å². The van der Waals surface area contributed by atoms with Gasteiger partial charge in [-0.15, -0.1) is 0 Å². The van der Waals surface area contributed by atoms with Crippen molar-refractivity contribution in [1.29, 1.82) is 0 Å². The normalized spacial score (nSPS) is 30.7. The average Bonchev–Trinajstić information content (AvgIpc) is 2.42. The lowest BCUT2D eigenvalue weighted by molar-refractivity contribution is -0.128. The van der Waals surface area contributed by atoms with Gasteiger partial charge in [-0.25, -0.2) is 0 Å². The molecule has 0 aromatic carbocycles. The largest absolute Gasteiger partial charge is 0.330 e. The molecule has 0 aromatic heterocycles. The van der Waals surface area contributed by atoms with Gasteiger partial charge >= 0.3 is 0 Å². The molecule has 1 fully saturated rings. The van der Waals surface area contributed by atoms with E-state index in [1.807, 2.05) is 13.8 Å². The number of imide groups is 1. The van der Waals surface area contributed by atoms with Crippen LogP contribution < -0.4 is 11.1 Å². The van der Waals surface area contributed by atoms with Crippen molar-refractivity contribution in [2.75, 3.05) is 6.54 Å². The van der Waals surface area contributed by atoms with Crippen molar-refractivity contribution in [1.82, 2.24) is 5.32 Å². The highest BCUT2D eigenvalue weighted by molar-refractivity contribution is 6.07. The van der Waals surface area contributed by atoms with Crippen LogP contribution in [0, 0.1) is 11.3 Å². The molecule has 0 radical (unpaired) electrons. The van der Waals surface area contributed by atoms with Crippen LogP contribution in [0.25, 0.3) is 0 Å². The smallest absolute Gasteiger partial charge is 0.233 e. The number of nitrogens with one attached hydrogen (secondary N) is 1. The second-order valence-corrected chi connectivity index (χ2v) is 4.43. The molecule has 86 valence electrons. The van der Waals surface area contributed by atoms with Gasteiger partial charge in [0.15, 0.2) is 0 Å². The molecule has 2 atom stereocenters. The summed E-state index contributed by atoms with van der Waals surface area (Å²) in [6.07, 6.45) is 3.30. The zero-order valence-corrected chi connectivity index (χ0v) is 9.51. The molecule has 15 heavy (non-hydrogen) atoms. The molecular weight excluding hydrogens is 192 g/mol. The van der Waals surface area contributed by atoms with Crippen molar-refractivity contribution in [2.24, 2.45) is 17.1 Å². The summed E-state index contributed by atoms with van der Waals surface area (Å²) in [6.45, 7) is 4.47. The quantitative estimate of drug-likeness (QED) is 0.523. The Morgan fingerprint density at radius 2 is 2.07 bits per heavy atom. The minimum atomic E-state index is -0.508. The molecule has 1 saturated heterocycles. The number of nitrogens with two attached hydrogens (primary N) is 1. The van der Waals surface area contributed by atoms with Crippen molar-refractivity contribution in [3.8, 4) is 0 Å². The van der Waals surface area contributed by atoms with E-state index in [-0.39, 0.29) is 17.7 Å². The predicted octanol–water partition coefficient (Wildman–Crippen LogP) is 0.804. The summed E-state index contributed by atoms with van der Waals surface area (Å²) in [5, 5.41) is 2.43. The monoisotopic (exact) mass is 212 g/mol. The predicted molar refractivity (Wildman–Crippen MR) is 57.9 cm³/mol. The fourth-order valence-corrected chi connectivity index (χ4v) is 2.14. The van der Waals surface area contributed by atoms with E-state index in [0.717, 1.165) is 19.3 Å². The summed E-state index contributed by atoms with van der Waals surface area (Å²) in [5.74, 6) is -0.393. The third-order valence-corrected chi connectivity index (χ3v) is 3.52. The van der Waals surface area contributed by atoms with Crippen LogP contribution in [0.5, 0.6) is 0 Å². The van der Waals surface area contributed by atoms with Gasteiger partial charge in [0.2, 0.25) is 11.8 Å². The second-order valence-electron chi connectivity index (χ2n) is 4.43. The summed E-state index contributed by atoms with van der Waals surface area (Å²) in [4.78, 5) is 23.2. The lowest BCUT2D eigenvalue weighted by Crippen LogP contribution is -2.31. The first-order valence-electron chi connectivity index (χ1n) is 5.61.